The van der Waals surface area contributed by atoms with E-state index in [-0.39, 0.29) is 5.41 Å². The Morgan fingerprint density at radius 3 is 1.90 bits per heavy atom. The van der Waals surface area contributed by atoms with Gasteiger partial charge in [0.1, 0.15) is 16.8 Å². The molecule has 1 unspecified atom stereocenters. The highest BCUT2D eigenvalue weighted by Crippen LogP contribution is 2.68. The molecule has 4 aliphatic carbocycles. The average molecular weight is 625 g/mol. The zero-order valence-corrected chi connectivity index (χ0v) is 27.0. The van der Waals surface area contributed by atoms with E-state index in [4.69, 9.17) is 4.42 Å². The number of hydrogen-bond acceptors (Lipinski definition) is 1. The van der Waals surface area contributed by atoms with Crippen molar-refractivity contribution in [2.24, 2.45) is 0 Å². The van der Waals surface area contributed by atoms with E-state index in [1.54, 1.807) is 0 Å². The van der Waals surface area contributed by atoms with Gasteiger partial charge < -0.3 is 4.42 Å². The van der Waals surface area contributed by atoms with Gasteiger partial charge in [-0.25, -0.2) is 0 Å². The van der Waals surface area contributed by atoms with Crippen molar-refractivity contribution >= 4 is 16.5 Å². The van der Waals surface area contributed by atoms with Gasteiger partial charge in [0.2, 0.25) is 0 Å². The van der Waals surface area contributed by atoms with Gasteiger partial charge in [-0.15, -0.1) is 0 Å². The highest BCUT2D eigenvalue weighted by atomic mass is 16.3. The molecule has 1 heterocycles. The quantitative estimate of drug-likeness (QED) is 0.190. The summed E-state index contributed by atoms with van der Waals surface area (Å²) in [6.45, 7) is 0. The second-order valence-electron chi connectivity index (χ2n) is 13.8. The van der Waals surface area contributed by atoms with Gasteiger partial charge in [0.05, 0.1) is 5.41 Å². The molecule has 230 valence electrons. The first-order valence-corrected chi connectivity index (χ1v) is 17.4. The van der Waals surface area contributed by atoms with E-state index in [1.807, 2.05) is 0 Å². The van der Waals surface area contributed by atoms with Gasteiger partial charge in [0.15, 0.2) is 0 Å². The third kappa shape index (κ3) is 3.44. The Balaban J connectivity index is 1.19. The van der Waals surface area contributed by atoms with Crippen molar-refractivity contribution in [3.63, 3.8) is 0 Å². The van der Waals surface area contributed by atoms with Gasteiger partial charge >= 0.3 is 0 Å². The first kappa shape index (κ1) is 27.1. The van der Waals surface area contributed by atoms with Crippen molar-refractivity contribution in [2.45, 2.75) is 23.7 Å². The highest BCUT2D eigenvalue weighted by Gasteiger charge is 2.58. The van der Waals surface area contributed by atoms with E-state index < -0.39 is 5.41 Å². The van der Waals surface area contributed by atoms with Crippen LogP contribution in [0.1, 0.15) is 46.4 Å². The lowest BCUT2D eigenvalue weighted by atomic mass is 9.71. The summed E-state index contributed by atoms with van der Waals surface area (Å²) >= 11 is 0. The number of para-hydroxylation sites is 1. The molecular formula is C48H32O. The van der Waals surface area contributed by atoms with Gasteiger partial charge in [0.25, 0.3) is 0 Å². The zero-order chi connectivity index (χ0) is 32.2. The number of benzene rings is 6. The number of allylic oxidation sites excluding steroid dienone is 6. The monoisotopic (exact) mass is 624 g/mol. The molecule has 0 radical (unpaired) electrons. The molecule has 0 N–H and O–H groups in total. The van der Waals surface area contributed by atoms with Crippen molar-refractivity contribution in [1.29, 1.82) is 0 Å². The van der Waals surface area contributed by atoms with Crippen LogP contribution in [0.25, 0.3) is 49.9 Å². The third-order valence-corrected chi connectivity index (χ3v) is 11.6. The standard InChI is InChI=1S/C48H32O/c1-3-14-31(15-4-1)32-26-28-33(29-27-32)42-30-47(42,34-16-5-2-6-17-34)40-23-13-24-41-45(40)44-37-20-9-12-25-43(37)49-46(44)48(41)38-21-10-7-18-35(38)36-19-8-11-22-39(36)48/h1-5,7-16,18-30H,6,17H2. The molecule has 4 aliphatic rings. The van der Waals surface area contributed by atoms with E-state index in [1.165, 1.54) is 77.7 Å². The van der Waals surface area contributed by atoms with E-state index in [0.29, 0.717) is 0 Å². The van der Waals surface area contributed by atoms with Crippen molar-refractivity contribution in [1.82, 2.24) is 0 Å². The molecule has 0 fully saturated rings. The Kier molecular flexibility index (Phi) is 5.42. The summed E-state index contributed by atoms with van der Waals surface area (Å²) in [5.74, 6) is 1.05. The molecule has 11 rings (SSSR count). The lowest BCUT2D eigenvalue weighted by Gasteiger charge is -2.30. The molecule has 1 atom stereocenters. The van der Waals surface area contributed by atoms with Crippen molar-refractivity contribution in [3.8, 4) is 33.4 Å². The van der Waals surface area contributed by atoms with Crippen LogP contribution in [-0.2, 0) is 10.8 Å². The van der Waals surface area contributed by atoms with E-state index in [0.717, 1.165) is 24.2 Å². The van der Waals surface area contributed by atoms with E-state index in [9.17, 15) is 0 Å². The lowest BCUT2D eigenvalue weighted by Crippen LogP contribution is -2.26. The van der Waals surface area contributed by atoms with Crippen LogP contribution in [-0.4, -0.2) is 0 Å². The Morgan fingerprint density at radius 2 is 1.14 bits per heavy atom. The predicted molar refractivity (Wildman–Crippen MR) is 201 cm³/mol. The van der Waals surface area contributed by atoms with Crippen LogP contribution in [0.5, 0.6) is 0 Å². The zero-order valence-electron chi connectivity index (χ0n) is 27.0. The average Bonchev–Trinajstić information content (AvgIpc) is 3.58. The van der Waals surface area contributed by atoms with Gasteiger partial charge in [-0.2, -0.15) is 0 Å². The molecule has 1 heteroatoms. The molecule has 0 bridgehead atoms. The van der Waals surface area contributed by atoms with E-state index >= 15 is 0 Å². The summed E-state index contributed by atoms with van der Waals surface area (Å²) in [5.41, 5.74) is 17.2. The summed E-state index contributed by atoms with van der Waals surface area (Å²) < 4.78 is 7.10. The number of hydrogen-bond donors (Lipinski definition) is 0. The Bertz CT molecular complexity index is 2550. The first-order chi connectivity index (χ1) is 24.3. The largest absolute Gasteiger partial charge is 0.459 e. The maximum atomic E-state index is 7.10. The fraction of sp³-hybridized carbons (Fsp3) is 0.0833. The minimum absolute atomic E-state index is 0.289. The van der Waals surface area contributed by atoms with E-state index in [2.05, 4.69) is 170 Å². The summed E-state index contributed by atoms with van der Waals surface area (Å²) in [4.78, 5) is 0. The molecule has 49 heavy (non-hydrogen) atoms. The van der Waals surface area contributed by atoms with Gasteiger partial charge in [-0.1, -0.05) is 169 Å². The topological polar surface area (TPSA) is 13.1 Å². The molecule has 1 spiro atoms. The molecule has 0 saturated heterocycles. The smallest absolute Gasteiger partial charge is 0.135 e. The summed E-state index contributed by atoms with van der Waals surface area (Å²) in [7, 11) is 0. The first-order valence-electron chi connectivity index (χ1n) is 17.4. The van der Waals surface area contributed by atoms with Crippen molar-refractivity contribution < 1.29 is 4.42 Å². The normalized spacial score (nSPS) is 18.9. The summed E-state index contributed by atoms with van der Waals surface area (Å²) in [6.07, 6.45) is 11.6. The molecular weight excluding hydrogens is 593 g/mol. The van der Waals surface area contributed by atoms with Crippen LogP contribution >= 0.6 is 0 Å². The van der Waals surface area contributed by atoms with Crippen molar-refractivity contribution in [3.05, 3.63) is 209 Å². The number of furan rings is 1. The van der Waals surface area contributed by atoms with Crippen LogP contribution in [0.2, 0.25) is 0 Å². The Hall–Kier alpha value is -5.92. The minimum atomic E-state index is -0.526. The van der Waals surface area contributed by atoms with Crippen LogP contribution in [0.4, 0.5) is 0 Å². The Morgan fingerprint density at radius 1 is 0.510 bits per heavy atom. The predicted octanol–water partition coefficient (Wildman–Crippen LogP) is 12.1. The second kappa shape index (κ2) is 9.81. The Labute approximate surface area is 286 Å². The second-order valence-corrected chi connectivity index (χ2v) is 13.8. The molecule has 1 nitrogen and oxygen atoms in total. The molecule has 1 aromatic heterocycles. The SMILES string of the molecule is C1=CCCC(C2(c3cccc4c3-c3c(oc5ccccc35)C43c4ccccc4-c4ccccc43)C=C2c2ccc(-c3ccccc3)cc2)=C1. The molecule has 0 aliphatic heterocycles. The fourth-order valence-corrected chi connectivity index (χ4v) is 9.47. The maximum Gasteiger partial charge on any atom is 0.135 e. The summed E-state index contributed by atoms with van der Waals surface area (Å²) in [5, 5.41) is 1.19. The number of rotatable bonds is 4. The fourth-order valence-electron chi connectivity index (χ4n) is 9.47. The van der Waals surface area contributed by atoms with Gasteiger partial charge in [-0.3, -0.25) is 0 Å². The molecule has 7 aromatic rings. The summed E-state index contributed by atoms with van der Waals surface area (Å²) in [6, 6.07) is 53.5. The lowest BCUT2D eigenvalue weighted by molar-refractivity contribution is 0.506. The van der Waals surface area contributed by atoms with Gasteiger partial charge in [-0.05, 0) is 80.1 Å². The molecule has 0 saturated carbocycles. The highest BCUT2D eigenvalue weighted by molar-refractivity contribution is 6.08. The van der Waals surface area contributed by atoms with Crippen LogP contribution < -0.4 is 0 Å². The minimum Gasteiger partial charge on any atom is -0.459 e. The van der Waals surface area contributed by atoms with Crippen molar-refractivity contribution in [2.75, 3.05) is 0 Å². The van der Waals surface area contributed by atoms with Gasteiger partial charge in [0, 0.05) is 10.9 Å². The third-order valence-electron chi connectivity index (χ3n) is 11.6. The van der Waals surface area contributed by atoms with Crippen LogP contribution in [0.15, 0.2) is 180 Å². The molecule has 6 aromatic carbocycles. The number of fused-ring (bicyclic) bond motifs is 12. The molecule has 0 amide bonds. The maximum absolute atomic E-state index is 7.10. The van der Waals surface area contributed by atoms with Crippen LogP contribution in [0.3, 0.4) is 0 Å². The van der Waals surface area contributed by atoms with Crippen LogP contribution in [0, 0.1) is 0 Å².